The van der Waals surface area contributed by atoms with E-state index in [1.54, 1.807) is 0 Å². The van der Waals surface area contributed by atoms with E-state index >= 15 is 0 Å². The molecule has 0 heterocycles. The van der Waals surface area contributed by atoms with E-state index < -0.39 is 36.4 Å². The van der Waals surface area contributed by atoms with E-state index in [9.17, 15) is 14.4 Å². The zero-order valence-corrected chi connectivity index (χ0v) is 27.9. The molecule has 0 aliphatic carbocycles. The van der Waals surface area contributed by atoms with Crippen molar-refractivity contribution >= 4 is 40.1 Å². The van der Waals surface area contributed by atoms with Gasteiger partial charge in [0, 0.05) is 5.57 Å². The zero-order chi connectivity index (χ0) is 34.7. The number of carbonyl (C=O) groups is 3. The molecule has 10 heteroatoms. The quantitative estimate of drug-likeness (QED) is 0.0766. The van der Waals surface area contributed by atoms with E-state index in [1.165, 1.54) is 32.2 Å². The number of halogens is 1. The molecule has 0 amide bonds. The summed E-state index contributed by atoms with van der Waals surface area (Å²) in [6.07, 6.45) is 3.93. The number of rotatable bonds is 19. The van der Waals surface area contributed by atoms with Crippen molar-refractivity contribution in [3.63, 3.8) is 0 Å². The predicted molar refractivity (Wildman–Crippen MR) is 185 cm³/mol. The van der Waals surface area contributed by atoms with E-state index in [1.807, 2.05) is 48.5 Å². The van der Waals surface area contributed by atoms with Gasteiger partial charge in [-0.1, -0.05) is 118 Å². The normalized spacial score (nSPS) is 11.7. The monoisotopic (exact) mass is 667 g/mol. The highest BCUT2D eigenvalue weighted by atomic mass is 35.5. The fraction of sp³-hybridized carbons (Fsp3) is 0.378. The van der Waals surface area contributed by atoms with Crippen molar-refractivity contribution in [1.29, 1.82) is 0 Å². The topological polar surface area (TPSA) is 145 Å². The van der Waals surface area contributed by atoms with E-state index in [0.717, 1.165) is 59.2 Å². The van der Waals surface area contributed by atoms with Crippen molar-refractivity contribution < 1.29 is 39.5 Å². The third kappa shape index (κ3) is 14.0. The first-order chi connectivity index (χ1) is 22.5. The van der Waals surface area contributed by atoms with Crippen LogP contribution in [0.2, 0.25) is 0 Å². The molecular formula is C37H46ClNO8. The van der Waals surface area contributed by atoms with Crippen LogP contribution in [0.5, 0.6) is 5.75 Å². The summed E-state index contributed by atoms with van der Waals surface area (Å²) in [5, 5.41) is 34.6. The summed E-state index contributed by atoms with van der Waals surface area (Å²) < 4.78 is 6.01. The van der Waals surface area contributed by atoms with Crippen molar-refractivity contribution in [3.05, 3.63) is 102 Å². The van der Waals surface area contributed by atoms with Crippen LogP contribution in [0.4, 0.5) is 0 Å². The van der Waals surface area contributed by atoms with Crippen LogP contribution in [-0.4, -0.2) is 75.1 Å². The van der Waals surface area contributed by atoms with Crippen molar-refractivity contribution in [2.24, 2.45) is 0 Å². The van der Waals surface area contributed by atoms with Crippen molar-refractivity contribution in [3.8, 4) is 5.75 Å². The second-order valence-corrected chi connectivity index (χ2v) is 11.4. The lowest BCUT2D eigenvalue weighted by atomic mass is 9.95. The fourth-order valence-electron chi connectivity index (χ4n) is 4.88. The first-order valence-electron chi connectivity index (χ1n) is 15.9. The highest BCUT2D eigenvalue weighted by Gasteiger charge is 2.40. The summed E-state index contributed by atoms with van der Waals surface area (Å²) in [6, 6.07) is 28.8. The van der Waals surface area contributed by atoms with Crippen molar-refractivity contribution in [2.75, 3.05) is 26.2 Å². The Balaban J connectivity index is 0.000000500. The average molecular weight is 668 g/mol. The molecule has 4 N–H and O–H groups in total. The van der Waals surface area contributed by atoms with Gasteiger partial charge in [0.15, 0.2) is 5.60 Å². The van der Waals surface area contributed by atoms with Gasteiger partial charge in [0.25, 0.3) is 0 Å². The van der Waals surface area contributed by atoms with Crippen LogP contribution in [0.25, 0.3) is 10.6 Å². The van der Waals surface area contributed by atoms with Crippen LogP contribution < -0.4 is 4.74 Å². The third-order valence-corrected chi connectivity index (χ3v) is 7.93. The molecule has 3 aromatic carbocycles. The lowest BCUT2D eigenvalue weighted by Gasteiger charge is -2.18. The molecule has 254 valence electrons. The molecule has 47 heavy (non-hydrogen) atoms. The van der Waals surface area contributed by atoms with Gasteiger partial charge in [0.05, 0.1) is 24.5 Å². The van der Waals surface area contributed by atoms with Gasteiger partial charge in [0.1, 0.15) is 5.75 Å². The minimum absolute atomic E-state index is 0.751. The predicted octanol–water partition coefficient (Wildman–Crippen LogP) is 7.26. The number of hydrogen-bond acceptors (Lipinski definition) is 6. The number of unbranched alkanes of at least 4 members (excludes halogenated alkanes) is 4. The minimum atomic E-state index is -2.74. The third-order valence-electron chi connectivity index (χ3n) is 7.52. The van der Waals surface area contributed by atoms with Gasteiger partial charge in [-0.15, -0.1) is 0 Å². The Labute approximate surface area is 282 Å². The summed E-state index contributed by atoms with van der Waals surface area (Å²) >= 11 is 6.92. The highest BCUT2D eigenvalue weighted by Crippen LogP contribution is 2.35. The molecule has 0 aromatic heterocycles. The Kier molecular flexibility index (Phi) is 17.3. The van der Waals surface area contributed by atoms with Gasteiger partial charge in [-0.2, -0.15) is 0 Å². The second-order valence-electron chi connectivity index (χ2n) is 11.1. The molecule has 9 nitrogen and oxygen atoms in total. The SMILES string of the molecule is CCN(CC)CCCCCCCOc1ccc(/C(=C(\Cl)c2ccccc2)c2ccccc2)cc1.O=C(O)CC(O)(CC(=O)O)C(=O)O. The van der Waals surface area contributed by atoms with Crippen molar-refractivity contribution in [2.45, 2.75) is 64.4 Å². The molecule has 0 unspecified atom stereocenters. The molecule has 0 saturated heterocycles. The summed E-state index contributed by atoms with van der Waals surface area (Å²) in [5.74, 6) is -4.11. The first kappa shape index (κ1) is 39.0. The average Bonchev–Trinajstić information content (AvgIpc) is 3.05. The Morgan fingerprint density at radius 3 is 1.64 bits per heavy atom. The number of nitrogens with zero attached hydrogens (tertiary/aromatic N) is 1. The second kappa shape index (κ2) is 20.8. The van der Waals surface area contributed by atoms with Gasteiger partial charge in [-0.05, 0) is 61.3 Å². The molecule has 0 atom stereocenters. The van der Waals surface area contributed by atoms with Gasteiger partial charge < -0.3 is 30.1 Å². The molecule has 0 spiro atoms. The van der Waals surface area contributed by atoms with E-state index in [-0.39, 0.29) is 0 Å². The summed E-state index contributed by atoms with van der Waals surface area (Å²) in [4.78, 5) is 33.0. The standard InChI is InChI=1S/C31H38ClNO.C6H8O7/c1-3-33(4-2)24-14-6-5-7-15-25-34-29-22-20-27(21-23-29)30(26-16-10-8-11-17-26)31(32)28-18-12-9-13-19-28;7-3(8)1-6(13,5(11)12)2-4(9)10/h8-13,16-23H,3-7,14-15,24-25H2,1-2H3;13H,1-2H2,(H,7,8)(H,9,10)(H,11,12)/b31-30-;. The maximum Gasteiger partial charge on any atom is 0.336 e. The van der Waals surface area contributed by atoms with Crippen LogP contribution in [0.1, 0.15) is 75.5 Å². The van der Waals surface area contributed by atoms with Gasteiger partial charge >= 0.3 is 17.9 Å². The number of carboxylic acid groups (broad SMARTS) is 3. The summed E-state index contributed by atoms with van der Waals surface area (Å²) in [6.45, 7) is 8.79. The molecule has 0 aliphatic heterocycles. The number of aliphatic carboxylic acids is 3. The van der Waals surface area contributed by atoms with Gasteiger partial charge in [-0.25, -0.2) is 4.79 Å². The lowest BCUT2D eigenvalue weighted by molar-refractivity contribution is -0.170. The maximum atomic E-state index is 10.3. The van der Waals surface area contributed by atoms with Crippen LogP contribution in [0.15, 0.2) is 84.9 Å². The molecule has 0 fully saturated rings. The van der Waals surface area contributed by atoms with Crippen LogP contribution in [-0.2, 0) is 14.4 Å². The number of hydrogen-bond donors (Lipinski definition) is 4. The molecule has 3 rings (SSSR count). The van der Waals surface area contributed by atoms with Gasteiger partial charge in [-0.3, -0.25) is 9.59 Å². The highest BCUT2D eigenvalue weighted by molar-refractivity contribution is 6.53. The van der Waals surface area contributed by atoms with Gasteiger partial charge in [0.2, 0.25) is 0 Å². The van der Waals surface area contributed by atoms with E-state index in [2.05, 4.69) is 55.1 Å². The number of aliphatic hydroxyl groups is 1. The zero-order valence-electron chi connectivity index (χ0n) is 27.1. The Hall–Kier alpha value is -4.18. The number of ether oxygens (including phenoxy) is 1. The Bertz CT molecular complexity index is 1390. The Morgan fingerprint density at radius 1 is 0.681 bits per heavy atom. The maximum absolute atomic E-state index is 10.3. The van der Waals surface area contributed by atoms with Crippen LogP contribution in [0, 0.1) is 0 Å². The summed E-state index contributed by atoms with van der Waals surface area (Å²) in [7, 11) is 0. The minimum Gasteiger partial charge on any atom is -0.494 e. The molecule has 0 saturated carbocycles. The van der Waals surface area contributed by atoms with E-state index in [4.69, 9.17) is 36.8 Å². The van der Waals surface area contributed by atoms with Crippen LogP contribution in [0.3, 0.4) is 0 Å². The fourth-order valence-corrected chi connectivity index (χ4v) is 5.23. The molecule has 3 aromatic rings. The van der Waals surface area contributed by atoms with E-state index in [0.29, 0.717) is 0 Å². The molecular weight excluding hydrogens is 622 g/mol. The van der Waals surface area contributed by atoms with Crippen molar-refractivity contribution in [1.82, 2.24) is 4.90 Å². The largest absolute Gasteiger partial charge is 0.494 e. The summed E-state index contributed by atoms with van der Waals surface area (Å²) in [5.41, 5.74) is 1.49. The van der Waals surface area contributed by atoms with Crippen LogP contribution >= 0.6 is 11.6 Å². The molecule has 0 radical (unpaired) electrons. The molecule has 0 aliphatic rings. The lowest BCUT2D eigenvalue weighted by Crippen LogP contribution is -2.42. The number of carboxylic acids is 3. The number of benzene rings is 3. The smallest absolute Gasteiger partial charge is 0.336 e. The Morgan fingerprint density at radius 2 is 1.15 bits per heavy atom. The first-order valence-corrected chi connectivity index (χ1v) is 16.2. The molecule has 0 bridgehead atoms.